The molecule has 2 aromatic rings. The zero-order chi connectivity index (χ0) is 15.0. The number of aromatic nitrogens is 1. The minimum atomic E-state index is -2.97. The molecule has 6 heteroatoms. The number of amides is 1. The Morgan fingerprint density at radius 2 is 2.24 bits per heavy atom. The average Bonchev–Trinajstić information content (AvgIpc) is 2.94. The van der Waals surface area contributed by atoms with E-state index in [9.17, 15) is 13.2 Å². The van der Waals surface area contributed by atoms with Gasteiger partial charge >= 0.3 is 0 Å². The largest absolute Gasteiger partial charge is 0.361 e. The topological polar surface area (TPSA) is 79.0 Å². The number of nitrogens with one attached hydrogen (secondary N) is 2. The van der Waals surface area contributed by atoms with Crippen LogP contribution in [-0.2, 0) is 21.1 Å². The summed E-state index contributed by atoms with van der Waals surface area (Å²) in [6.45, 7) is 2.02. The molecule has 1 amide bonds. The monoisotopic (exact) mass is 306 g/mol. The molecular formula is C15H18N2O3S. The van der Waals surface area contributed by atoms with Gasteiger partial charge in [0.2, 0.25) is 5.91 Å². The highest BCUT2D eigenvalue weighted by Gasteiger charge is 2.28. The van der Waals surface area contributed by atoms with Crippen molar-refractivity contribution in [2.45, 2.75) is 25.8 Å². The minimum Gasteiger partial charge on any atom is -0.361 e. The Hall–Kier alpha value is -1.82. The lowest BCUT2D eigenvalue weighted by atomic mass is 10.1. The smallest absolute Gasteiger partial charge is 0.224 e. The van der Waals surface area contributed by atoms with Gasteiger partial charge in [-0.2, -0.15) is 0 Å². The van der Waals surface area contributed by atoms with Crippen LogP contribution in [0.25, 0.3) is 10.9 Å². The van der Waals surface area contributed by atoms with Crippen molar-refractivity contribution in [1.82, 2.24) is 10.3 Å². The maximum Gasteiger partial charge on any atom is 0.224 e. The number of H-pyrrole nitrogens is 1. The molecule has 1 fully saturated rings. The summed E-state index contributed by atoms with van der Waals surface area (Å²) in [4.78, 5) is 15.3. The number of aryl methyl sites for hydroxylation is 1. The summed E-state index contributed by atoms with van der Waals surface area (Å²) in [5.41, 5.74) is 3.09. The van der Waals surface area contributed by atoms with Crippen LogP contribution >= 0.6 is 0 Å². The molecule has 0 radical (unpaired) electrons. The van der Waals surface area contributed by atoms with Gasteiger partial charge in [-0.1, -0.05) is 12.1 Å². The first-order valence-corrected chi connectivity index (χ1v) is 8.82. The number of benzene rings is 1. The van der Waals surface area contributed by atoms with Crippen molar-refractivity contribution >= 4 is 26.6 Å². The van der Waals surface area contributed by atoms with Crippen molar-refractivity contribution in [2.75, 3.05) is 11.5 Å². The van der Waals surface area contributed by atoms with Gasteiger partial charge in [-0.05, 0) is 30.5 Å². The van der Waals surface area contributed by atoms with E-state index in [4.69, 9.17) is 0 Å². The van der Waals surface area contributed by atoms with Crippen molar-refractivity contribution in [3.05, 3.63) is 35.5 Å². The van der Waals surface area contributed by atoms with E-state index in [1.807, 2.05) is 31.3 Å². The molecule has 0 spiro atoms. The highest BCUT2D eigenvalue weighted by atomic mass is 32.2. The summed E-state index contributed by atoms with van der Waals surface area (Å²) in [7, 11) is -2.97. The van der Waals surface area contributed by atoms with Crippen LogP contribution in [0, 0.1) is 6.92 Å². The third kappa shape index (κ3) is 2.95. The zero-order valence-corrected chi connectivity index (χ0v) is 12.7. The first kappa shape index (κ1) is 14.1. The fourth-order valence-electron chi connectivity index (χ4n) is 2.95. The van der Waals surface area contributed by atoms with Crippen molar-refractivity contribution in [1.29, 1.82) is 0 Å². The van der Waals surface area contributed by atoms with Crippen LogP contribution in [-0.4, -0.2) is 36.9 Å². The molecule has 5 nitrogen and oxygen atoms in total. The molecule has 1 unspecified atom stereocenters. The van der Waals surface area contributed by atoms with E-state index in [0.29, 0.717) is 6.42 Å². The number of carbonyl (C=O) groups is 1. The molecule has 1 saturated heterocycles. The van der Waals surface area contributed by atoms with Gasteiger partial charge in [-0.25, -0.2) is 8.42 Å². The third-order valence-electron chi connectivity index (χ3n) is 3.94. The minimum absolute atomic E-state index is 0.0612. The van der Waals surface area contributed by atoms with Crippen LogP contribution in [0.3, 0.4) is 0 Å². The van der Waals surface area contributed by atoms with Gasteiger partial charge in [0, 0.05) is 23.1 Å². The van der Waals surface area contributed by atoms with Crippen LogP contribution in [0.4, 0.5) is 0 Å². The molecule has 1 aromatic carbocycles. The number of fused-ring (bicyclic) bond motifs is 1. The number of hydrogen-bond acceptors (Lipinski definition) is 3. The molecule has 1 atom stereocenters. The molecule has 2 N–H and O–H groups in total. The van der Waals surface area contributed by atoms with Crippen LogP contribution in [0.1, 0.15) is 17.5 Å². The molecule has 2 heterocycles. The van der Waals surface area contributed by atoms with Crippen LogP contribution in [0.2, 0.25) is 0 Å². The maximum absolute atomic E-state index is 12.1. The highest BCUT2D eigenvalue weighted by molar-refractivity contribution is 7.91. The molecule has 112 valence electrons. The molecule has 0 saturated carbocycles. The standard InChI is InChI=1S/C15H18N2O3S/c1-10-3-2-4-13-15(10)11(8-16-13)7-14(18)17-12-5-6-21(19,20)9-12/h2-4,8,12,16H,5-7,9H2,1H3,(H,17,18). The predicted octanol–water partition coefficient (Wildman–Crippen LogP) is 1.32. The number of hydrogen-bond donors (Lipinski definition) is 2. The Kier molecular flexibility index (Phi) is 3.49. The van der Waals surface area contributed by atoms with Crippen LogP contribution in [0.5, 0.6) is 0 Å². The molecule has 1 aliphatic rings. The highest BCUT2D eigenvalue weighted by Crippen LogP contribution is 2.22. The summed E-state index contributed by atoms with van der Waals surface area (Å²) in [5, 5.41) is 3.90. The second-order valence-corrected chi connectivity index (χ2v) is 7.88. The Morgan fingerprint density at radius 1 is 1.43 bits per heavy atom. The lowest BCUT2D eigenvalue weighted by molar-refractivity contribution is -0.120. The summed E-state index contributed by atoms with van der Waals surface area (Å²) < 4.78 is 22.8. The lowest BCUT2D eigenvalue weighted by Gasteiger charge is -2.10. The molecule has 0 bridgehead atoms. The van der Waals surface area contributed by atoms with Crippen molar-refractivity contribution < 1.29 is 13.2 Å². The Balaban J connectivity index is 1.72. The van der Waals surface area contributed by atoms with Crippen molar-refractivity contribution in [3.63, 3.8) is 0 Å². The van der Waals surface area contributed by atoms with Gasteiger partial charge in [0.1, 0.15) is 0 Å². The normalized spacial score (nSPS) is 20.7. The number of rotatable bonds is 3. The number of carbonyl (C=O) groups excluding carboxylic acids is 1. The van der Waals surface area contributed by atoms with Gasteiger partial charge in [0.25, 0.3) is 0 Å². The Labute approximate surface area is 123 Å². The fourth-order valence-corrected chi connectivity index (χ4v) is 4.62. The van der Waals surface area contributed by atoms with E-state index in [1.54, 1.807) is 0 Å². The van der Waals surface area contributed by atoms with E-state index < -0.39 is 9.84 Å². The quantitative estimate of drug-likeness (QED) is 0.897. The van der Waals surface area contributed by atoms with Crippen molar-refractivity contribution in [2.24, 2.45) is 0 Å². The number of sulfone groups is 1. The summed E-state index contributed by atoms with van der Waals surface area (Å²) >= 11 is 0. The fraction of sp³-hybridized carbons (Fsp3) is 0.400. The lowest BCUT2D eigenvalue weighted by Crippen LogP contribution is -2.36. The predicted molar refractivity (Wildman–Crippen MR) is 81.9 cm³/mol. The average molecular weight is 306 g/mol. The van der Waals surface area contributed by atoms with Gasteiger partial charge in [0.15, 0.2) is 9.84 Å². The van der Waals surface area contributed by atoms with E-state index in [2.05, 4.69) is 10.3 Å². The van der Waals surface area contributed by atoms with Crippen LogP contribution < -0.4 is 5.32 Å². The second-order valence-electron chi connectivity index (χ2n) is 5.66. The van der Waals surface area contributed by atoms with Gasteiger partial charge in [-0.15, -0.1) is 0 Å². The maximum atomic E-state index is 12.1. The summed E-state index contributed by atoms with van der Waals surface area (Å²) in [5.74, 6) is 0.108. The molecule has 0 aliphatic carbocycles. The summed E-state index contributed by atoms with van der Waals surface area (Å²) in [6, 6.07) is 5.73. The number of aromatic amines is 1. The second kappa shape index (κ2) is 5.18. The SMILES string of the molecule is Cc1cccc2[nH]cc(CC(=O)NC3CCS(=O)(=O)C3)c12. The van der Waals surface area contributed by atoms with E-state index >= 15 is 0 Å². The van der Waals surface area contributed by atoms with Crippen LogP contribution in [0.15, 0.2) is 24.4 Å². The van der Waals surface area contributed by atoms with Gasteiger partial charge in [0.05, 0.1) is 17.9 Å². The Bertz CT molecular complexity index is 792. The summed E-state index contributed by atoms with van der Waals surface area (Å²) in [6.07, 6.45) is 2.63. The van der Waals surface area contributed by atoms with Gasteiger partial charge in [-0.3, -0.25) is 4.79 Å². The molecule has 1 aromatic heterocycles. The van der Waals surface area contributed by atoms with E-state index in [-0.39, 0.29) is 29.9 Å². The molecular weight excluding hydrogens is 288 g/mol. The first-order valence-electron chi connectivity index (χ1n) is 7.00. The Morgan fingerprint density at radius 3 is 2.95 bits per heavy atom. The molecule has 1 aliphatic heterocycles. The third-order valence-corrected chi connectivity index (χ3v) is 5.71. The molecule has 3 rings (SSSR count). The first-order chi connectivity index (χ1) is 9.94. The molecule has 21 heavy (non-hydrogen) atoms. The van der Waals surface area contributed by atoms with Gasteiger partial charge < -0.3 is 10.3 Å². The van der Waals surface area contributed by atoms with Crippen molar-refractivity contribution in [3.8, 4) is 0 Å². The zero-order valence-electron chi connectivity index (χ0n) is 11.8. The van der Waals surface area contributed by atoms with E-state index in [1.165, 1.54) is 0 Å². The van der Waals surface area contributed by atoms with E-state index in [0.717, 1.165) is 22.0 Å².